The quantitative estimate of drug-likeness (QED) is 0.905. The van der Waals surface area contributed by atoms with Crippen molar-refractivity contribution in [1.29, 1.82) is 0 Å². The highest BCUT2D eigenvalue weighted by molar-refractivity contribution is 9.10. The molecule has 0 amide bonds. The number of hydrogen-bond donors (Lipinski definition) is 1. The van der Waals surface area contributed by atoms with Gasteiger partial charge in [0.15, 0.2) is 11.5 Å². The maximum absolute atomic E-state index is 6.08. The number of fused-ring (bicyclic) bond motifs is 1. The van der Waals surface area contributed by atoms with Crippen LogP contribution in [0.5, 0.6) is 11.5 Å². The first-order chi connectivity index (χ1) is 10.3. The van der Waals surface area contributed by atoms with Gasteiger partial charge in [-0.05, 0) is 59.6 Å². The molecular weight excluding hydrogens is 332 g/mol. The van der Waals surface area contributed by atoms with Crippen molar-refractivity contribution < 1.29 is 9.47 Å². The summed E-state index contributed by atoms with van der Waals surface area (Å²) in [4.78, 5) is 2.52. The molecule has 1 atom stereocenters. The summed E-state index contributed by atoms with van der Waals surface area (Å²) >= 11 is 3.61. The van der Waals surface area contributed by atoms with Gasteiger partial charge in [-0.3, -0.25) is 4.90 Å². The van der Waals surface area contributed by atoms with Gasteiger partial charge in [0, 0.05) is 12.6 Å². The summed E-state index contributed by atoms with van der Waals surface area (Å²) in [5, 5.41) is 0. The van der Waals surface area contributed by atoms with E-state index in [0.717, 1.165) is 29.1 Å². The van der Waals surface area contributed by atoms with Gasteiger partial charge in [0.25, 0.3) is 0 Å². The Labute approximate surface area is 134 Å². The van der Waals surface area contributed by atoms with Crippen molar-refractivity contribution in [2.75, 3.05) is 32.8 Å². The molecule has 2 heterocycles. The number of halogens is 1. The molecule has 1 saturated heterocycles. The van der Waals surface area contributed by atoms with E-state index in [1.165, 1.54) is 31.2 Å². The highest BCUT2D eigenvalue weighted by atomic mass is 79.9. The molecular formula is C16H23BrN2O2. The van der Waals surface area contributed by atoms with Crippen LogP contribution in [-0.4, -0.2) is 37.7 Å². The average molecular weight is 355 g/mol. The highest BCUT2D eigenvalue weighted by Gasteiger charge is 2.24. The first-order valence-electron chi connectivity index (χ1n) is 7.83. The van der Waals surface area contributed by atoms with Crippen molar-refractivity contribution in [3.63, 3.8) is 0 Å². The van der Waals surface area contributed by atoms with Gasteiger partial charge in [-0.2, -0.15) is 0 Å². The third-order valence-electron chi connectivity index (χ3n) is 4.31. The predicted molar refractivity (Wildman–Crippen MR) is 87.0 cm³/mol. The molecule has 1 unspecified atom stereocenters. The molecule has 0 spiro atoms. The standard InChI is InChI=1S/C16H23BrN2O2/c17-13-9-12(10-15-16(13)21-8-7-20-15)14(11-18)19-5-3-1-2-4-6-19/h9-10,14H,1-8,11,18H2. The summed E-state index contributed by atoms with van der Waals surface area (Å²) < 4.78 is 12.4. The van der Waals surface area contributed by atoms with Gasteiger partial charge in [-0.25, -0.2) is 0 Å². The maximum Gasteiger partial charge on any atom is 0.175 e. The van der Waals surface area contributed by atoms with Gasteiger partial charge in [-0.15, -0.1) is 0 Å². The molecule has 3 rings (SSSR count). The zero-order chi connectivity index (χ0) is 14.7. The van der Waals surface area contributed by atoms with Crippen molar-refractivity contribution in [3.05, 3.63) is 22.2 Å². The van der Waals surface area contributed by atoms with Crippen LogP contribution in [0.3, 0.4) is 0 Å². The van der Waals surface area contributed by atoms with Gasteiger partial charge >= 0.3 is 0 Å². The zero-order valence-corrected chi connectivity index (χ0v) is 13.9. The van der Waals surface area contributed by atoms with Gasteiger partial charge in [-0.1, -0.05) is 12.8 Å². The summed E-state index contributed by atoms with van der Waals surface area (Å²) in [6.45, 7) is 4.12. The van der Waals surface area contributed by atoms with Crippen molar-refractivity contribution >= 4 is 15.9 Å². The third-order valence-corrected chi connectivity index (χ3v) is 4.90. The molecule has 5 heteroatoms. The normalized spacial score (nSPS) is 20.9. The lowest BCUT2D eigenvalue weighted by molar-refractivity contribution is 0.168. The number of nitrogens with zero attached hydrogens (tertiary/aromatic N) is 1. The Bertz CT molecular complexity index is 487. The maximum atomic E-state index is 6.08. The number of hydrogen-bond acceptors (Lipinski definition) is 4. The fourth-order valence-corrected chi connectivity index (χ4v) is 3.80. The average Bonchev–Trinajstić information content (AvgIpc) is 2.77. The van der Waals surface area contributed by atoms with E-state index < -0.39 is 0 Å². The number of nitrogens with two attached hydrogens (primary N) is 1. The molecule has 1 aromatic rings. The molecule has 116 valence electrons. The van der Waals surface area contributed by atoms with Crippen LogP contribution in [0, 0.1) is 0 Å². The Morgan fingerprint density at radius 1 is 1.10 bits per heavy atom. The third kappa shape index (κ3) is 3.35. The monoisotopic (exact) mass is 354 g/mol. The topological polar surface area (TPSA) is 47.7 Å². The fraction of sp³-hybridized carbons (Fsp3) is 0.625. The van der Waals surface area contributed by atoms with Crippen LogP contribution in [0.4, 0.5) is 0 Å². The van der Waals surface area contributed by atoms with E-state index >= 15 is 0 Å². The summed E-state index contributed by atoms with van der Waals surface area (Å²) in [6.07, 6.45) is 5.20. The van der Waals surface area contributed by atoms with E-state index in [2.05, 4.69) is 33.0 Å². The van der Waals surface area contributed by atoms with Gasteiger partial charge in [0.05, 0.1) is 4.47 Å². The fourth-order valence-electron chi connectivity index (χ4n) is 3.23. The van der Waals surface area contributed by atoms with E-state index in [-0.39, 0.29) is 6.04 Å². The van der Waals surface area contributed by atoms with Crippen LogP contribution >= 0.6 is 15.9 Å². The van der Waals surface area contributed by atoms with Crippen LogP contribution in [0.25, 0.3) is 0 Å². The van der Waals surface area contributed by atoms with E-state index in [1.54, 1.807) is 0 Å². The van der Waals surface area contributed by atoms with Crippen molar-refractivity contribution in [1.82, 2.24) is 4.90 Å². The summed E-state index contributed by atoms with van der Waals surface area (Å²) in [6, 6.07) is 4.49. The lowest BCUT2D eigenvalue weighted by Crippen LogP contribution is -2.34. The van der Waals surface area contributed by atoms with E-state index in [9.17, 15) is 0 Å². The molecule has 0 aromatic heterocycles. The SMILES string of the molecule is NCC(c1cc(Br)c2c(c1)OCCO2)N1CCCCCC1. The predicted octanol–water partition coefficient (Wildman–Crippen LogP) is 3.10. The van der Waals surface area contributed by atoms with Crippen LogP contribution < -0.4 is 15.2 Å². The zero-order valence-electron chi connectivity index (χ0n) is 12.3. The molecule has 2 aliphatic rings. The van der Waals surface area contributed by atoms with Gasteiger partial charge in [0.2, 0.25) is 0 Å². The molecule has 4 nitrogen and oxygen atoms in total. The Kier molecular flexibility index (Phi) is 5.03. The first kappa shape index (κ1) is 15.1. The number of ether oxygens (including phenoxy) is 2. The minimum Gasteiger partial charge on any atom is -0.486 e. The van der Waals surface area contributed by atoms with Crippen molar-refractivity contribution in [2.45, 2.75) is 31.7 Å². The molecule has 0 radical (unpaired) electrons. The van der Waals surface area contributed by atoms with E-state index in [4.69, 9.17) is 15.2 Å². The van der Waals surface area contributed by atoms with Gasteiger partial charge < -0.3 is 15.2 Å². The first-order valence-corrected chi connectivity index (χ1v) is 8.62. The number of benzene rings is 1. The van der Waals surface area contributed by atoms with Crippen LogP contribution in [0.1, 0.15) is 37.3 Å². The molecule has 0 saturated carbocycles. The highest BCUT2D eigenvalue weighted by Crippen LogP contribution is 2.40. The molecule has 2 aliphatic heterocycles. The van der Waals surface area contributed by atoms with Crippen LogP contribution in [-0.2, 0) is 0 Å². The Balaban J connectivity index is 1.87. The lowest BCUT2D eigenvalue weighted by atomic mass is 10.0. The minimum atomic E-state index is 0.259. The number of rotatable bonds is 3. The lowest BCUT2D eigenvalue weighted by Gasteiger charge is -2.31. The smallest absolute Gasteiger partial charge is 0.175 e. The molecule has 1 aromatic carbocycles. The molecule has 21 heavy (non-hydrogen) atoms. The second-order valence-electron chi connectivity index (χ2n) is 5.73. The van der Waals surface area contributed by atoms with E-state index in [0.29, 0.717) is 19.8 Å². The molecule has 0 aliphatic carbocycles. The largest absolute Gasteiger partial charge is 0.486 e. The minimum absolute atomic E-state index is 0.259. The molecule has 1 fully saturated rings. The number of likely N-dealkylation sites (tertiary alicyclic amines) is 1. The summed E-state index contributed by atoms with van der Waals surface area (Å²) in [5.74, 6) is 1.65. The van der Waals surface area contributed by atoms with Gasteiger partial charge in [0.1, 0.15) is 13.2 Å². The second kappa shape index (κ2) is 6.99. The summed E-state index contributed by atoms with van der Waals surface area (Å²) in [7, 11) is 0. The van der Waals surface area contributed by atoms with Crippen molar-refractivity contribution in [3.8, 4) is 11.5 Å². The van der Waals surface area contributed by atoms with Crippen molar-refractivity contribution in [2.24, 2.45) is 5.73 Å². The summed E-state index contributed by atoms with van der Waals surface area (Å²) in [5.41, 5.74) is 7.30. The Morgan fingerprint density at radius 2 is 1.81 bits per heavy atom. The van der Waals surface area contributed by atoms with Crippen LogP contribution in [0.2, 0.25) is 0 Å². The Hall–Kier alpha value is -0.780. The molecule has 0 bridgehead atoms. The Morgan fingerprint density at radius 3 is 2.52 bits per heavy atom. The van der Waals surface area contributed by atoms with E-state index in [1.807, 2.05) is 0 Å². The second-order valence-corrected chi connectivity index (χ2v) is 6.58. The molecule has 2 N–H and O–H groups in total. The van der Waals surface area contributed by atoms with Crippen LogP contribution in [0.15, 0.2) is 16.6 Å².